The highest BCUT2D eigenvalue weighted by Gasteiger charge is 2.50. The van der Waals surface area contributed by atoms with Gasteiger partial charge in [0.25, 0.3) is 0 Å². The molecule has 13 heavy (non-hydrogen) atoms. The van der Waals surface area contributed by atoms with Crippen LogP contribution in [0.4, 0.5) is 4.39 Å². The van der Waals surface area contributed by atoms with Crippen molar-refractivity contribution in [3.63, 3.8) is 0 Å². The van der Waals surface area contributed by atoms with E-state index < -0.39 is 6.17 Å². The lowest BCUT2D eigenvalue weighted by Gasteiger charge is -2.54. The number of nitrogens with one attached hydrogen (secondary N) is 1. The average Bonchev–Trinajstić information content (AvgIpc) is 1.99. The summed E-state index contributed by atoms with van der Waals surface area (Å²) in [5.74, 6) is 0.219. The van der Waals surface area contributed by atoms with Crippen LogP contribution in [0.1, 0.15) is 46.5 Å². The molecule has 1 nitrogen and oxygen atoms in total. The van der Waals surface area contributed by atoms with Gasteiger partial charge in [0.2, 0.25) is 0 Å². The zero-order valence-electron chi connectivity index (χ0n) is 8.86. The van der Waals surface area contributed by atoms with E-state index in [1.807, 2.05) is 13.8 Å². The Hall–Kier alpha value is -0.110. The summed E-state index contributed by atoms with van der Waals surface area (Å²) in [4.78, 5) is 0. The first-order valence-electron chi connectivity index (χ1n) is 5.39. The number of hydrogen-bond donors (Lipinski definition) is 1. The largest absolute Gasteiger partial charge is 0.304 e. The minimum atomic E-state index is -0.666. The number of hydrogen-bond acceptors (Lipinski definition) is 1. The van der Waals surface area contributed by atoms with Crippen molar-refractivity contribution < 1.29 is 4.39 Å². The molecule has 2 heterocycles. The number of rotatable bonds is 0. The maximum Gasteiger partial charge on any atom is 0.121 e. The van der Waals surface area contributed by atoms with E-state index in [4.69, 9.17) is 0 Å². The second kappa shape index (κ2) is 2.69. The van der Waals surface area contributed by atoms with Gasteiger partial charge >= 0.3 is 0 Å². The summed E-state index contributed by atoms with van der Waals surface area (Å²) >= 11 is 0. The second-order valence-electron chi connectivity index (χ2n) is 5.54. The molecule has 0 saturated carbocycles. The Labute approximate surface area is 80.1 Å². The number of fused-ring (bicyclic) bond motifs is 2. The highest BCUT2D eigenvalue weighted by atomic mass is 19.1. The Morgan fingerprint density at radius 1 is 1.31 bits per heavy atom. The Morgan fingerprint density at radius 2 is 2.00 bits per heavy atom. The molecule has 0 radical (unpaired) electrons. The molecule has 2 rings (SSSR count). The molecule has 2 heteroatoms. The third-order valence-corrected chi connectivity index (χ3v) is 3.89. The zero-order valence-corrected chi connectivity index (χ0v) is 8.86. The maximum absolute atomic E-state index is 13.9. The number of alkyl halides is 1. The predicted octanol–water partition coefficient (Wildman–Crippen LogP) is 2.66. The number of piperidine rings is 2. The molecule has 0 amide bonds. The van der Waals surface area contributed by atoms with Gasteiger partial charge in [-0.25, -0.2) is 4.39 Å². The summed E-state index contributed by atoms with van der Waals surface area (Å²) in [5, 5.41) is 3.51. The average molecular weight is 185 g/mol. The molecule has 0 aromatic carbocycles. The Bertz CT molecular complexity index is 218. The van der Waals surface area contributed by atoms with E-state index in [-0.39, 0.29) is 17.0 Å². The minimum absolute atomic E-state index is 0.203. The van der Waals surface area contributed by atoms with E-state index in [1.54, 1.807) is 0 Å². The topological polar surface area (TPSA) is 12.0 Å². The predicted molar refractivity (Wildman–Crippen MR) is 52.5 cm³/mol. The van der Waals surface area contributed by atoms with Gasteiger partial charge in [0.15, 0.2) is 0 Å². The van der Waals surface area contributed by atoms with Gasteiger partial charge in [0.05, 0.1) is 0 Å². The van der Waals surface area contributed by atoms with Crippen LogP contribution in [0.2, 0.25) is 0 Å². The van der Waals surface area contributed by atoms with E-state index in [0.717, 1.165) is 12.8 Å². The summed E-state index contributed by atoms with van der Waals surface area (Å²) < 4.78 is 13.9. The summed E-state index contributed by atoms with van der Waals surface area (Å²) in [5.41, 5.74) is -0.0420. The lowest BCUT2D eigenvalue weighted by Crippen LogP contribution is -2.68. The fourth-order valence-corrected chi connectivity index (χ4v) is 3.46. The van der Waals surface area contributed by atoms with Crippen LogP contribution in [0.3, 0.4) is 0 Å². The Kier molecular flexibility index (Phi) is 1.96. The van der Waals surface area contributed by atoms with E-state index in [1.165, 1.54) is 12.8 Å². The summed E-state index contributed by atoms with van der Waals surface area (Å²) in [6.07, 6.45) is 3.70. The third-order valence-electron chi connectivity index (χ3n) is 3.89. The monoisotopic (exact) mass is 185 g/mol. The molecule has 2 aliphatic rings. The molecule has 1 unspecified atom stereocenters. The van der Waals surface area contributed by atoms with Crippen molar-refractivity contribution in [1.29, 1.82) is 0 Å². The van der Waals surface area contributed by atoms with Crippen LogP contribution >= 0.6 is 0 Å². The zero-order chi connectivity index (χ0) is 9.69. The molecule has 2 saturated heterocycles. The van der Waals surface area contributed by atoms with Gasteiger partial charge in [-0.1, -0.05) is 6.92 Å². The molecular weight excluding hydrogens is 165 g/mol. The minimum Gasteiger partial charge on any atom is -0.304 e. The third kappa shape index (κ3) is 1.39. The van der Waals surface area contributed by atoms with Crippen LogP contribution in [0, 0.1) is 5.92 Å². The van der Waals surface area contributed by atoms with Crippen LogP contribution in [-0.4, -0.2) is 17.2 Å². The maximum atomic E-state index is 13.9. The van der Waals surface area contributed by atoms with E-state index in [2.05, 4.69) is 12.2 Å². The van der Waals surface area contributed by atoms with Crippen molar-refractivity contribution in [3.05, 3.63) is 0 Å². The molecule has 1 N–H and O–H groups in total. The fraction of sp³-hybridized carbons (Fsp3) is 1.00. The molecule has 0 aromatic rings. The molecule has 0 aromatic heterocycles. The van der Waals surface area contributed by atoms with Crippen molar-refractivity contribution in [1.82, 2.24) is 5.32 Å². The molecule has 0 spiro atoms. The van der Waals surface area contributed by atoms with Crippen LogP contribution in [0.15, 0.2) is 0 Å². The normalized spacial score (nSPS) is 56.3. The molecule has 4 atom stereocenters. The van der Waals surface area contributed by atoms with Crippen LogP contribution < -0.4 is 5.32 Å². The highest BCUT2D eigenvalue weighted by Crippen LogP contribution is 2.43. The molecule has 2 aliphatic heterocycles. The summed E-state index contributed by atoms with van der Waals surface area (Å²) in [6, 6.07) is 0. The lowest BCUT2D eigenvalue weighted by molar-refractivity contribution is -0.0184. The SMILES string of the molecule is CC1C[C@@]2(C)CCC[C@](C)(N2)[C@@H]1F. The van der Waals surface area contributed by atoms with Gasteiger partial charge in [-0.2, -0.15) is 0 Å². The van der Waals surface area contributed by atoms with Crippen LogP contribution in [0.25, 0.3) is 0 Å². The van der Waals surface area contributed by atoms with Gasteiger partial charge in [-0.05, 0) is 45.4 Å². The Balaban J connectivity index is 2.26. The van der Waals surface area contributed by atoms with Crippen molar-refractivity contribution in [2.45, 2.75) is 63.7 Å². The molecule has 76 valence electrons. The van der Waals surface area contributed by atoms with Gasteiger partial charge in [-0.15, -0.1) is 0 Å². The van der Waals surface area contributed by atoms with Crippen molar-refractivity contribution in [3.8, 4) is 0 Å². The van der Waals surface area contributed by atoms with Gasteiger partial charge < -0.3 is 5.32 Å². The van der Waals surface area contributed by atoms with Gasteiger partial charge in [0, 0.05) is 11.1 Å². The van der Waals surface area contributed by atoms with E-state index >= 15 is 0 Å². The van der Waals surface area contributed by atoms with E-state index in [9.17, 15) is 4.39 Å². The van der Waals surface area contributed by atoms with Gasteiger partial charge in [0.1, 0.15) is 6.17 Å². The van der Waals surface area contributed by atoms with Crippen LogP contribution in [-0.2, 0) is 0 Å². The first-order chi connectivity index (χ1) is 5.95. The highest BCUT2D eigenvalue weighted by molar-refractivity contribution is 5.08. The fourth-order valence-electron chi connectivity index (χ4n) is 3.46. The van der Waals surface area contributed by atoms with Crippen molar-refractivity contribution in [2.75, 3.05) is 0 Å². The second-order valence-corrected chi connectivity index (χ2v) is 5.54. The standard InChI is InChI=1S/C11H20FN/c1-8-7-10(2)5-4-6-11(3,13-10)9(8)12/h8-9,13H,4-7H2,1-3H3/t8?,9-,10-,11+/m1/s1. The molecule has 2 fully saturated rings. The summed E-state index contributed by atoms with van der Waals surface area (Å²) in [6.45, 7) is 6.34. The van der Waals surface area contributed by atoms with Gasteiger partial charge in [-0.3, -0.25) is 0 Å². The quantitative estimate of drug-likeness (QED) is 0.612. The first-order valence-corrected chi connectivity index (χ1v) is 5.39. The smallest absolute Gasteiger partial charge is 0.121 e. The molecule has 2 bridgehead atoms. The van der Waals surface area contributed by atoms with Crippen molar-refractivity contribution >= 4 is 0 Å². The summed E-state index contributed by atoms with van der Waals surface area (Å²) in [7, 11) is 0. The molecule has 0 aliphatic carbocycles. The molecular formula is C11H20FN. The lowest BCUT2D eigenvalue weighted by atomic mass is 9.66. The van der Waals surface area contributed by atoms with Crippen molar-refractivity contribution in [2.24, 2.45) is 5.92 Å². The first kappa shape index (κ1) is 9.45. The van der Waals surface area contributed by atoms with E-state index in [0.29, 0.717) is 0 Å². The number of halogens is 1. The van der Waals surface area contributed by atoms with Crippen LogP contribution in [0.5, 0.6) is 0 Å². The Morgan fingerprint density at radius 3 is 2.69 bits per heavy atom.